The second-order valence-corrected chi connectivity index (χ2v) is 8.84. The molecule has 9 heteroatoms. The average molecular weight is 485 g/mol. The number of ketones is 1. The predicted octanol–water partition coefficient (Wildman–Crippen LogP) is 5.55. The van der Waals surface area contributed by atoms with E-state index in [1.807, 2.05) is 24.3 Å². The Balaban J connectivity index is 1.54. The number of carbonyl (C=O) groups is 1. The minimum Gasteiger partial charge on any atom is -0.496 e. The van der Waals surface area contributed by atoms with Crippen molar-refractivity contribution >= 4 is 61.5 Å². The van der Waals surface area contributed by atoms with Crippen LogP contribution in [0, 0.1) is 0 Å². The monoisotopic (exact) mass is 483 g/mol. The van der Waals surface area contributed by atoms with Crippen LogP contribution < -0.4 is 10.1 Å². The molecule has 0 aliphatic rings. The molecule has 0 saturated carbocycles. The molecule has 0 fully saturated rings. The summed E-state index contributed by atoms with van der Waals surface area (Å²) in [4.78, 5) is 12.3. The standard InChI is InChI=1S/C18H15BrClN3O2S2/c1-25-16-7-6-11(8-13(16)19)15(24)9-21-17-22-23-18(27-17)26-10-12-4-2-3-5-14(12)20/h2-8H,9-10H2,1H3,(H,21,22). The molecule has 1 heterocycles. The number of Topliss-reactive ketones (excluding diaryl/α,β-unsaturated/α-hetero) is 1. The highest BCUT2D eigenvalue weighted by Crippen LogP contribution is 2.30. The Bertz CT molecular complexity index is 952. The summed E-state index contributed by atoms with van der Waals surface area (Å²) in [6, 6.07) is 13.0. The number of halogens is 2. The molecule has 0 saturated heterocycles. The van der Waals surface area contributed by atoms with Gasteiger partial charge >= 0.3 is 0 Å². The van der Waals surface area contributed by atoms with Crippen molar-refractivity contribution in [3.8, 4) is 5.75 Å². The summed E-state index contributed by atoms with van der Waals surface area (Å²) in [6.45, 7) is 0.141. The Labute approximate surface area is 178 Å². The van der Waals surface area contributed by atoms with Gasteiger partial charge in [0, 0.05) is 16.3 Å². The lowest BCUT2D eigenvalue weighted by Crippen LogP contribution is -2.13. The minimum atomic E-state index is -0.0428. The lowest BCUT2D eigenvalue weighted by molar-refractivity contribution is 0.101. The molecule has 2 aromatic carbocycles. The molecule has 1 N–H and O–H groups in total. The van der Waals surface area contributed by atoms with E-state index >= 15 is 0 Å². The van der Waals surface area contributed by atoms with Crippen molar-refractivity contribution < 1.29 is 9.53 Å². The third-order valence-corrected chi connectivity index (χ3v) is 6.64. The van der Waals surface area contributed by atoms with Crippen molar-refractivity contribution in [3.05, 3.63) is 63.1 Å². The van der Waals surface area contributed by atoms with E-state index in [9.17, 15) is 4.79 Å². The molecule has 0 aliphatic carbocycles. The fraction of sp³-hybridized carbons (Fsp3) is 0.167. The number of benzene rings is 2. The van der Waals surface area contributed by atoms with E-state index in [-0.39, 0.29) is 12.3 Å². The van der Waals surface area contributed by atoms with Gasteiger partial charge in [0.05, 0.1) is 18.1 Å². The molecule has 3 aromatic rings. The van der Waals surface area contributed by atoms with Crippen LogP contribution >= 0.6 is 50.6 Å². The maximum absolute atomic E-state index is 12.3. The van der Waals surface area contributed by atoms with E-state index in [0.29, 0.717) is 22.2 Å². The second-order valence-electron chi connectivity index (χ2n) is 5.38. The molecule has 3 rings (SSSR count). The van der Waals surface area contributed by atoms with Crippen molar-refractivity contribution in [2.45, 2.75) is 10.1 Å². The lowest BCUT2D eigenvalue weighted by Gasteiger charge is -2.06. The first-order valence-electron chi connectivity index (χ1n) is 7.87. The Morgan fingerprint density at radius 3 is 2.85 bits per heavy atom. The minimum absolute atomic E-state index is 0.0428. The SMILES string of the molecule is COc1ccc(C(=O)CNc2nnc(SCc3ccccc3Cl)s2)cc1Br. The number of thioether (sulfide) groups is 1. The van der Waals surface area contributed by atoms with Crippen LogP contribution in [0.25, 0.3) is 0 Å². The Hall–Kier alpha value is -1.61. The number of carbonyl (C=O) groups excluding carboxylic acids is 1. The highest BCUT2D eigenvalue weighted by Gasteiger charge is 2.11. The van der Waals surface area contributed by atoms with Gasteiger partial charge in [-0.3, -0.25) is 4.79 Å². The molecule has 0 bridgehead atoms. The summed E-state index contributed by atoms with van der Waals surface area (Å²) in [6.07, 6.45) is 0. The van der Waals surface area contributed by atoms with Gasteiger partial charge in [-0.05, 0) is 45.8 Å². The van der Waals surface area contributed by atoms with Crippen LogP contribution in [-0.4, -0.2) is 29.6 Å². The fourth-order valence-electron chi connectivity index (χ4n) is 2.19. The number of hydrogen-bond donors (Lipinski definition) is 1. The van der Waals surface area contributed by atoms with Gasteiger partial charge in [0.25, 0.3) is 0 Å². The number of rotatable bonds is 8. The molecule has 0 radical (unpaired) electrons. The maximum atomic E-state index is 12.3. The van der Waals surface area contributed by atoms with Crippen LogP contribution in [0.1, 0.15) is 15.9 Å². The molecule has 0 amide bonds. The molecule has 1 aromatic heterocycles. The molecular formula is C18H15BrClN3O2S2. The molecule has 0 unspecified atom stereocenters. The molecular weight excluding hydrogens is 470 g/mol. The second kappa shape index (κ2) is 9.54. The summed E-state index contributed by atoms with van der Waals surface area (Å²) in [7, 11) is 1.58. The predicted molar refractivity (Wildman–Crippen MR) is 114 cm³/mol. The zero-order chi connectivity index (χ0) is 19.2. The van der Waals surface area contributed by atoms with Gasteiger partial charge in [0.15, 0.2) is 10.1 Å². The zero-order valence-electron chi connectivity index (χ0n) is 14.2. The van der Waals surface area contributed by atoms with E-state index in [0.717, 1.165) is 19.4 Å². The van der Waals surface area contributed by atoms with Gasteiger partial charge in [-0.15, -0.1) is 10.2 Å². The number of ether oxygens (including phenoxy) is 1. The highest BCUT2D eigenvalue weighted by atomic mass is 79.9. The van der Waals surface area contributed by atoms with Gasteiger partial charge < -0.3 is 10.1 Å². The van der Waals surface area contributed by atoms with E-state index < -0.39 is 0 Å². The van der Waals surface area contributed by atoms with Gasteiger partial charge in [-0.2, -0.15) is 0 Å². The summed E-state index contributed by atoms with van der Waals surface area (Å²) < 4.78 is 6.73. The molecule has 5 nitrogen and oxygen atoms in total. The topological polar surface area (TPSA) is 64.1 Å². The highest BCUT2D eigenvalue weighted by molar-refractivity contribution is 9.10. The summed E-state index contributed by atoms with van der Waals surface area (Å²) in [5.74, 6) is 1.36. The van der Waals surface area contributed by atoms with Crippen molar-refractivity contribution in [1.82, 2.24) is 10.2 Å². The third kappa shape index (κ3) is 5.44. The number of nitrogens with one attached hydrogen (secondary N) is 1. The van der Waals surface area contributed by atoms with Crippen LogP contribution in [0.4, 0.5) is 5.13 Å². The maximum Gasteiger partial charge on any atom is 0.206 e. The molecule has 27 heavy (non-hydrogen) atoms. The van der Waals surface area contributed by atoms with Crippen LogP contribution in [0.2, 0.25) is 5.02 Å². The number of nitrogens with zero attached hydrogens (tertiary/aromatic N) is 2. The first-order valence-corrected chi connectivity index (χ1v) is 10.8. The Kier molecular flexibility index (Phi) is 7.12. The van der Waals surface area contributed by atoms with E-state index in [1.54, 1.807) is 37.1 Å². The number of methoxy groups -OCH3 is 1. The van der Waals surface area contributed by atoms with Gasteiger partial charge in [-0.1, -0.05) is 52.9 Å². The van der Waals surface area contributed by atoms with Gasteiger partial charge in [0.1, 0.15) is 5.75 Å². The Morgan fingerprint density at radius 1 is 1.30 bits per heavy atom. The summed E-state index contributed by atoms with van der Waals surface area (Å²) in [5, 5.41) is 12.6. The van der Waals surface area contributed by atoms with Gasteiger partial charge in [0.2, 0.25) is 5.13 Å². The van der Waals surface area contributed by atoms with Crippen LogP contribution in [0.3, 0.4) is 0 Å². The first kappa shape index (κ1) is 20.1. The van der Waals surface area contributed by atoms with E-state index in [1.165, 1.54) is 11.3 Å². The summed E-state index contributed by atoms with van der Waals surface area (Å²) in [5.41, 5.74) is 1.64. The third-order valence-electron chi connectivity index (χ3n) is 3.59. The van der Waals surface area contributed by atoms with E-state index in [4.69, 9.17) is 16.3 Å². The van der Waals surface area contributed by atoms with Crippen molar-refractivity contribution in [1.29, 1.82) is 0 Å². The Morgan fingerprint density at radius 2 is 2.11 bits per heavy atom. The molecule has 0 atom stereocenters. The van der Waals surface area contributed by atoms with Crippen molar-refractivity contribution in [3.63, 3.8) is 0 Å². The average Bonchev–Trinajstić information content (AvgIpc) is 3.13. The number of hydrogen-bond acceptors (Lipinski definition) is 7. The van der Waals surface area contributed by atoms with Crippen LogP contribution in [0.5, 0.6) is 5.75 Å². The smallest absolute Gasteiger partial charge is 0.206 e. The molecule has 0 spiro atoms. The molecule has 140 valence electrons. The lowest BCUT2D eigenvalue weighted by atomic mass is 10.1. The molecule has 0 aliphatic heterocycles. The number of anilines is 1. The fourth-order valence-corrected chi connectivity index (χ4v) is 4.77. The van der Waals surface area contributed by atoms with Crippen molar-refractivity contribution in [2.75, 3.05) is 19.0 Å². The van der Waals surface area contributed by atoms with Gasteiger partial charge in [-0.25, -0.2) is 0 Å². The first-order chi connectivity index (χ1) is 13.1. The quantitative estimate of drug-likeness (QED) is 0.334. The van der Waals surface area contributed by atoms with Crippen molar-refractivity contribution in [2.24, 2.45) is 0 Å². The van der Waals surface area contributed by atoms with Crippen LogP contribution in [-0.2, 0) is 5.75 Å². The number of aromatic nitrogens is 2. The largest absolute Gasteiger partial charge is 0.496 e. The normalized spacial score (nSPS) is 10.6. The van der Waals surface area contributed by atoms with E-state index in [2.05, 4.69) is 31.4 Å². The zero-order valence-corrected chi connectivity index (χ0v) is 18.2. The summed E-state index contributed by atoms with van der Waals surface area (Å²) >= 11 is 12.5. The van der Waals surface area contributed by atoms with Crippen LogP contribution in [0.15, 0.2) is 51.3 Å².